The molecule has 0 radical (unpaired) electrons. The van der Waals surface area contributed by atoms with Gasteiger partial charge in [0.25, 0.3) is 5.91 Å². The molecule has 1 aliphatic rings. The fourth-order valence-corrected chi connectivity index (χ4v) is 3.05. The normalized spacial score (nSPS) is 13.7. The molecule has 1 amide bonds. The number of aromatic nitrogens is 2. The highest BCUT2D eigenvalue weighted by Gasteiger charge is 2.12. The summed E-state index contributed by atoms with van der Waals surface area (Å²) >= 11 is 0. The average Bonchev–Trinajstić information content (AvgIpc) is 3.21. The number of benzene rings is 1. The summed E-state index contributed by atoms with van der Waals surface area (Å²) in [6.07, 6.45) is 9.08. The van der Waals surface area contributed by atoms with Crippen molar-refractivity contribution in [3.8, 4) is 0 Å². The summed E-state index contributed by atoms with van der Waals surface area (Å²) in [5.41, 5.74) is 2.44. The summed E-state index contributed by atoms with van der Waals surface area (Å²) < 4.78 is 0. The van der Waals surface area contributed by atoms with Crippen molar-refractivity contribution in [2.24, 2.45) is 0 Å². The Hall–Kier alpha value is -2.63. The Morgan fingerprint density at radius 3 is 2.42 bits per heavy atom. The van der Waals surface area contributed by atoms with Crippen LogP contribution < -0.4 is 15.5 Å². The Morgan fingerprint density at radius 1 is 1.08 bits per heavy atom. The highest BCUT2D eigenvalue weighted by molar-refractivity contribution is 6.03. The molecule has 6 nitrogen and oxygen atoms in total. The van der Waals surface area contributed by atoms with Crippen LogP contribution in [0.2, 0.25) is 0 Å². The van der Waals surface area contributed by atoms with Gasteiger partial charge in [-0.15, -0.1) is 0 Å². The third-order valence-corrected chi connectivity index (χ3v) is 4.57. The molecule has 138 valence electrons. The molecule has 6 heteroatoms. The maximum atomic E-state index is 12.3. The molecule has 2 N–H and O–H groups in total. The molecule has 3 rings (SSSR count). The molecule has 26 heavy (non-hydrogen) atoms. The zero-order chi connectivity index (χ0) is 18.2. The number of carbonyl (C=O) groups is 1. The fraction of sp³-hybridized carbons (Fsp3) is 0.450. The monoisotopic (exact) mass is 353 g/mol. The van der Waals surface area contributed by atoms with Crippen LogP contribution in [0.4, 0.5) is 17.3 Å². The van der Waals surface area contributed by atoms with Crippen LogP contribution in [0.15, 0.2) is 36.7 Å². The Balaban J connectivity index is 1.52. The highest BCUT2D eigenvalue weighted by atomic mass is 16.1. The highest BCUT2D eigenvalue weighted by Crippen LogP contribution is 2.22. The van der Waals surface area contributed by atoms with Crippen molar-refractivity contribution >= 4 is 23.2 Å². The summed E-state index contributed by atoms with van der Waals surface area (Å²) in [4.78, 5) is 23.1. The van der Waals surface area contributed by atoms with Crippen LogP contribution in [0, 0.1) is 0 Å². The van der Waals surface area contributed by atoms with Gasteiger partial charge in [-0.2, -0.15) is 0 Å². The van der Waals surface area contributed by atoms with Crippen molar-refractivity contribution < 1.29 is 4.79 Å². The predicted molar refractivity (Wildman–Crippen MR) is 106 cm³/mol. The van der Waals surface area contributed by atoms with Crippen LogP contribution in [-0.4, -0.2) is 35.5 Å². The van der Waals surface area contributed by atoms with Gasteiger partial charge in [-0.05, 0) is 43.5 Å². The maximum Gasteiger partial charge on any atom is 0.258 e. The van der Waals surface area contributed by atoms with Gasteiger partial charge in [0.2, 0.25) is 5.95 Å². The first-order chi connectivity index (χ1) is 12.8. The smallest absolute Gasteiger partial charge is 0.258 e. The minimum atomic E-state index is -0.198. The maximum absolute atomic E-state index is 12.3. The van der Waals surface area contributed by atoms with Crippen LogP contribution in [-0.2, 0) is 0 Å². The topological polar surface area (TPSA) is 70.2 Å². The second kappa shape index (κ2) is 9.17. The predicted octanol–water partition coefficient (Wildman–Crippen LogP) is 3.93. The first-order valence-corrected chi connectivity index (χ1v) is 9.48. The van der Waals surface area contributed by atoms with Gasteiger partial charge in [-0.3, -0.25) is 4.79 Å². The Labute approximate surface area is 155 Å². The Bertz CT molecular complexity index is 693. The minimum absolute atomic E-state index is 0.198. The SMILES string of the molecule is CCCCCNc1ncc(C(=O)Nc2ccc(N3CCCC3)cc2)cn1. The molecule has 0 aliphatic carbocycles. The van der Waals surface area contributed by atoms with Crippen molar-refractivity contribution in [1.29, 1.82) is 0 Å². The second-order valence-corrected chi connectivity index (χ2v) is 6.62. The molecular weight excluding hydrogens is 326 g/mol. The molecule has 1 aromatic heterocycles. The van der Waals surface area contributed by atoms with E-state index in [-0.39, 0.29) is 5.91 Å². The molecule has 1 saturated heterocycles. The lowest BCUT2D eigenvalue weighted by Crippen LogP contribution is -2.17. The van der Waals surface area contributed by atoms with E-state index in [9.17, 15) is 4.79 Å². The Kier molecular flexibility index (Phi) is 6.41. The van der Waals surface area contributed by atoms with Crippen molar-refractivity contribution in [2.45, 2.75) is 39.0 Å². The van der Waals surface area contributed by atoms with Gasteiger partial charge < -0.3 is 15.5 Å². The second-order valence-electron chi connectivity index (χ2n) is 6.62. The molecule has 0 atom stereocenters. The first kappa shape index (κ1) is 18.2. The molecule has 1 fully saturated rings. The van der Waals surface area contributed by atoms with Crippen molar-refractivity contribution in [3.63, 3.8) is 0 Å². The summed E-state index contributed by atoms with van der Waals surface area (Å²) in [5.74, 6) is 0.365. The number of nitrogens with zero attached hydrogens (tertiary/aromatic N) is 3. The van der Waals surface area contributed by atoms with E-state index in [1.807, 2.05) is 12.1 Å². The lowest BCUT2D eigenvalue weighted by Gasteiger charge is -2.17. The summed E-state index contributed by atoms with van der Waals surface area (Å²) in [6.45, 7) is 5.25. The molecule has 1 aromatic carbocycles. The van der Waals surface area contributed by atoms with Crippen LogP contribution >= 0.6 is 0 Å². The number of hydrogen-bond donors (Lipinski definition) is 2. The molecule has 0 spiro atoms. The number of rotatable bonds is 8. The zero-order valence-electron chi connectivity index (χ0n) is 15.4. The van der Waals surface area contributed by atoms with Crippen LogP contribution in [0.1, 0.15) is 49.4 Å². The molecule has 2 heterocycles. The van der Waals surface area contributed by atoms with Crippen molar-refractivity contribution in [1.82, 2.24) is 9.97 Å². The third kappa shape index (κ3) is 4.94. The average molecular weight is 353 g/mol. The van der Waals surface area contributed by atoms with Crippen LogP contribution in [0.25, 0.3) is 0 Å². The summed E-state index contributed by atoms with van der Waals surface area (Å²) in [6, 6.07) is 7.99. The summed E-state index contributed by atoms with van der Waals surface area (Å²) in [7, 11) is 0. The van der Waals surface area contributed by atoms with E-state index >= 15 is 0 Å². The number of hydrogen-bond acceptors (Lipinski definition) is 5. The number of nitrogens with one attached hydrogen (secondary N) is 2. The van der Waals surface area contributed by atoms with E-state index in [1.54, 1.807) is 12.4 Å². The molecular formula is C20H27N5O. The van der Waals surface area contributed by atoms with Gasteiger partial charge in [0, 0.05) is 43.4 Å². The molecule has 2 aromatic rings. The quantitative estimate of drug-likeness (QED) is 0.704. The first-order valence-electron chi connectivity index (χ1n) is 9.48. The van der Waals surface area contributed by atoms with Gasteiger partial charge >= 0.3 is 0 Å². The molecule has 0 bridgehead atoms. The van der Waals surface area contributed by atoms with Crippen molar-refractivity contribution in [3.05, 3.63) is 42.2 Å². The zero-order valence-corrected chi connectivity index (χ0v) is 15.4. The van der Waals surface area contributed by atoms with Gasteiger partial charge in [0.1, 0.15) is 0 Å². The van der Waals surface area contributed by atoms with E-state index in [0.717, 1.165) is 31.7 Å². The van der Waals surface area contributed by atoms with E-state index in [4.69, 9.17) is 0 Å². The van der Waals surface area contributed by atoms with E-state index in [1.165, 1.54) is 31.4 Å². The van der Waals surface area contributed by atoms with Crippen LogP contribution in [0.5, 0.6) is 0 Å². The number of unbranched alkanes of at least 4 members (excludes halogenated alkanes) is 2. The third-order valence-electron chi connectivity index (χ3n) is 4.57. The summed E-state index contributed by atoms with van der Waals surface area (Å²) in [5, 5.41) is 6.07. The number of anilines is 3. The van der Waals surface area contributed by atoms with Gasteiger partial charge in [-0.1, -0.05) is 19.8 Å². The van der Waals surface area contributed by atoms with Crippen molar-refractivity contribution in [2.75, 3.05) is 35.2 Å². The fourth-order valence-electron chi connectivity index (χ4n) is 3.05. The standard InChI is InChI=1S/C20H27N5O/c1-2-3-4-11-21-20-22-14-16(15-23-20)19(26)24-17-7-9-18(10-8-17)25-12-5-6-13-25/h7-10,14-15H,2-6,11-13H2,1H3,(H,24,26)(H,21,22,23). The van der Waals surface area contributed by atoms with Crippen LogP contribution in [0.3, 0.4) is 0 Å². The van der Waals surface area contributed by atoms with E-state index in [2.05, 4.69) is 44.6 Å². The number of amides is 1. The van der Waals surface area contributed by atoms with E-state index in [0.29, 0.717) is 11.5 Å². The molecule has 0 saturated carbocycles. The molecule has 1 aliphatic heterocycles. The Morgan fingerprint density at radius 2 is 1.77 bits per heavy atom. The minimum Gasteiger partial charge on any atom is -0.372 e. The van der Waals surface area contributed by atoms with Gasteiger partial charge in [0.15, 0.2) is 0 Å². The largest absolute Gasteiger partial charge is 0.372 e. The van der Waals surface area contributed by atoms with Gasteiger partial charge in [0.05, 0.1) is 5.56 Å². The van der Waals surface area contributed by atoms with Gasteiger partial charge in [-0.25, -0.2) is 9.97 Å². The molecule has 0 unspecified atom stereocenters. The van der Waals surface area contributed by atoms with E-state index < -0.39 is 0 Å². The number of carbonyl (C=O) groups excluding carboxylic acids is 1. The lowest BCUT2D eigenvalue weighted by molar-refractivity contribution is 0.102. The lowest BCUT2D eigenvalue weighted by atomic mass is 10.2.